The van der Waals surface area contributed by atoms with Crippen LogP contribution in [0.4, 0.5) is 11.4 Å². The lowest BCUT2D eigenvalue weighted by Gasteiger charge is -2.37. The van der Waals surface area contributed by atoms with Gasteiger partial charge in [-0.15, -0.1) is 0 Å². The number of hydrazine groups is 1. The topological polar surface area (TPSA) is 73.9 Å². The third kappa shape index (κ3) is 3.71. The lowest BCUT2D eigenvalue weighted by Crippen LogP contribution is -2.55. The smallest absolute Gasteiger partial charge is 0.247 e. The largest absolute Gasteiger partial charge is 0.495 e. The van der Waals surface area contributed by atoms with Gasteiger partial charge < -0.3 is 15.0 Å². The first-order valence-electron chi connectivity index (χ1n) is 9.93. The number of carbonyl (C=O) groups excluding carboxylic acids is 2. The predicted molar refractivity (Wildman–Crippen MR) is 112 cm³/mol. The lowest BCUT2D eigenvalue weighted by molar-refractivity contribution is -0.126. The van der Waals surface area contributed by atoms with Crippen LogP contribution in [-0.2, 0) is 9.59 Å². The van der Waals surface area contributed by atoms with Crippen molar-refractivity contribution in [2.45, 2.75) is 13.0 Å². The molecule has 0 bridgehead atoms. The molecule has 0 spiro atoms. The van der Waals surface area contributed by atoms with Crippen LogP contribution < -0.4 is 20.5 Å². The molecule has 2 aliphatic heterocycles. The summed E-state index contributed by atoms with van der Waals surface area (Å²) in [6.45, 7) is 4.09. The van der Waals surface area contributed by atoms with Gasteiger partial charge in [0.25, 0.3) is 0 Å². The minimum atomic E-state index is -0.365. The van der Waals surface area contributed by atoms with Gasteiger partial charge in [0, 0.05) is 13.1 Å². The third-order valence-electron chi connectivity index (χ3n) is 5.76. The first-order chi connectivity index (χ1) is 14.1. The number of hydrogen-bond acceptors (Lipinski definition) is 5. The van der Waals surface area contributed by atoms with E-state index >= 15 is 0 Å². The van der Waals surface area contributed by atoms with Gasteiger partial charge in [-0.25, -0.2) is 10.4 Å². The normalized spacial score (nSPS) is 24.3. The predicted octanol–water partition coefficient (Wildman–Crippen LogP) is 2.12. The van der Waals surface area contributed by atoms with Crippen molar-refractivity contribution in [2.24, 2.45) is 11.8 Å². The fraction of sp³-hybridized carbons (Fsp3) is 0.364. The number of nitrogens with one attached hydrogen (secondary N) is 2. The van der Waals surface area contributed by atoms with Crippen LogP contribution in [0.5, 0.6) is 5.75 Å². The second-order valence-corrected chi connectivity index (χ2v) is 7.42. The molecule has 2 amide bonds. The Balaban J connectivity index is 1.59. The van der Waals surface area contributed by atoms with E-state index in [1.54, 1.807) is 12.1 Å². The molecule has 2 saturated heterocycles. The molecule has 2 fully saturated rings. The van der Waals surface area contributed by atoms with E-state index in [4.69, 9.17) is 4.74 Å². The van der Waals surface area contributed by atoms with E-state index in [1.165, 1.54) is 0 Å². The van der Waals surface area contributed by atoms with Crippen LogP contribution in [0.15, 0.2) is 54.6 Å². The van der Waals surface area contributed by atoms with Crippen LogP contribution in [0.1, 0.15) is 6.92 Å². The molecule has 3 atom stereocenters. The van der Waals surface area contributed by atoms with E-state index < -0.39 is 0 Å². The second kappa shape index (κ2) is 8.23. The van der Waals surface area contributed by atoms with E-state index in [-0.39, 0.29) is 29.7 Å². The van der Waals surface area contributed by atoms with Crippen molar-refractivity contribution in [3.63, 3.8) is 0 Å². The Bertz CT molecular complexity index is 889. The Morgan fingerprint density at radius 2 is 1.86 bits per heavy atom. The van der Waals surface area contributed by atoms with Crippen molar-refractivity contribution < 1.29 is 14.3 Å². The average Bonchev–Trinajstić information content (AvgIpc) is 3.10. The maximum absolute atomic E-state index is 13.2. The molecule has 2 aliphatic rings. The van der Waals surface area contributed by atoms with E-state index in [1.807, 2.05) is 54.6 Å². The Morgan fingerprint density at radius 3 is 2.59 bits per heavy atom. The number of hydrogen-bond donors (Lipinski definition) is 2. The monoisotopic (exact) mass is 394 g/mol. The van der Waals surface area contributed by atoms with Gasteiger partial charge >= 0.3 is 0 Å². The highest BCUT2D eigenvalue weighted by molar-refractivity contribution is 6.00. The number of nitrogens with zero attached hydrogens (tertiary/aromatic N) is 2. The van der Waals surface area contributed by atoms with Crippen molar-refractivity contribution in [2.75, 3.05) is 37.1 Å². The molecule has 7 heteroatoms. The Kier molecular flexibility index (Phi) is 5.51. The number of benzene rings is 2. The van der Waals surface area contributed by atoms with Crippen LogP contribution in [0.2, 0.25) is 0 Å². The Labute approximate surface area is 170 Å². The Morgan fingerprint density at radius 1 is 1.14 bits per heavy atom. The van der Waals surface area contributed by atoms with E-state index in [0.29, 0.717) is 24.5 Å². The summed E-state index contributed by atoms with van der Waals surface area (Å²) in [4.78, 5) is 28.5. The van der Waals surface area contributed by atoms with Crippen molar-refractivity contribution in [1.82, 2.24) is 10.3 Å². The van der Waals surface area contributed by atoms with Crippen LogP contribution in [0, 0.1) is 11.8 Å². The van der Waals surface area contributed by atoms with Crippen molar-refractivity contribution >= 4 is 23.2 Å². The van der Waals surface area contributed by atoms with Crippen LogP contribution >= 0.6 is 0 Å². The minimum Gasteiger partial charge on any atom is -0.495 e. The van der Waals surface area contributed by atoms with Gasteiger partial charge in [0.2, 0.25) is 11.8 Å². The van der Waals surface area contributed by atoms with Crippen molar-refractivity contribution in [3.8, 4) is 5.75 Å². The number of methoxy groups -OCH3 is 1. The van der Waals surface area contributed by atoms with Crippen LogP contribution in [0.3, 0.4) is 0 Å². The summed E-state index contributed by atoms with van der Waals surface area (Å²) in [5, 5.41) is 4.59. The fourth-order valence-electron chi connectivity index (χ4n) is 4.18. The minimum absolute atomic E-state index is 0.00874. The Hall–Kier alpha value is -2.90. The van der Waals surface area contributed by atoms with Gasteiger partial charge in [0.05, 0.1) is 36.4 Å². The number of ether oxygens (including phenoxy) is 1. The highest BCUT2D eigenvalue weighted by atomic mass is 16.5. The number of amides is 2. The highest BCUT2D eigenvalue weighted by Crippen LogP contribution is 2.33. The van der Waals surface area contributed by atoms with Gasteiger partial charge in [-0.3, -0.25) is 9.59 Å². The molecule has 2 aromatic rings. The molecule has 7 nitrogen and oxygen atoms in total. The molecule has 0 aromatic heterocycles. The molecule has 2 N–H and O–H groups in total. The summed E-state index contributed by atoms with van der Waals surface area (Å²) in [7, 11) is 1.58. The van der Waals surface area contributed by atoms with Gasteiger partial charge in [0.15, 0.2) is 0 Å². The third-order valence-corrected chi connectivity index (χ3v) is 5.76. The summed E-state index contributed by atoms with van der Waals surface area (Å²) >= 11 is 0. The number of likely N-dealkylation sites (tertiary alicyclic amines) is 1. The number of anilines is 2. The number of carbonyl (C=O) groups is 2. The molecule has 0 aliphatic carbocycles. The summed E-state index contributed by atoms with van der Waals surface area (Å²) < 4.78 is 5.35. The van der Waals surface area contributed by atoms with E-state index in [0.717, 1.165) is 12.2 Å². The highest BCUT2D eigenvalue weighted by Gasteiger charge is 2.50. The maximum Gasteiger partial charge on any atom is 0.247 e. The first-order valence-corrected chi connectivity index (χ1v) is 9.93. The summed E-state index contributed by atoms with van der Waals surface area (Å²) in [5.74, 6) is -0.122. The fourth-order valence-corrected chi connectivity index (χ4v) is 4.18. The van der Waals surface area contributed by atoms with E-state index in [2.05, 4.69) is 22.6 Å². The van der Waals surface area contributed by atoms with Gasteiger partial charge in [-0.1, -0.05) is 37.3 Å². The summed E-state index contributed by atoms with van der Waals surface area (Å²) in [6, 6.07) is 16.6. The number of para-hydroxylation sites is 3. The molecule has 152 valence electrons. The zero-order valence-corrected chi connectivity index (χ0v) is 16.7. The number of rotatable bonds is 5. The molecular formula is C22H26N4O3. The van der Waals surface area contributed by atoms with E-state index in [9.17, 15) is 9.59 Å². The molecular weight excluding hydrogens is 368 g/mol. The SMILES string of the molecule is CCN1CC(C(=O)Nc2ccccc2OC)C2NN(c3ccccc3)C(=O)C2C1. The van der Waals surface area contributed by atoms with Crippen molar-refractivity contribution in [3.05, 3.63) is 54.6 Å². The molecule has 4 rings (SSSR count). The zero-order valence-electron chi connectivity index (χ0n) is 16.7. The lowest BCUT2D eigenvalue weighted by atomic mass is 9.84. The summed E-state index contributed by atoms with van der Waals surface area (Å²) in [5.41, 5.74) is 4.74. The molecule has 2 heterocycles. The van der Waals surface area contributed by atoms with Crippen molar-refractivity contribution in [1.29, 1.82) is 0 Å². The number of piperidine rings is 1. The van der Waals surface area contributed by atoms with Gasteiger partial charge in [-0.2, -0.15) is 0 Å². The standard InChI is InChI=1S/C22H26N4O3/c1-3-25-13-16(21(27)23-18-11-7-8-12-19(18)29-2)20-17(14-25)22(28)26(24-20)15-9-5-4-6-10-15/h4-12,16-17,20,24H,3,13-14H2,1-2H3,(H,23,27). The molecule has 3 unspecified atom stereocenters. The molecule has 2 aromatic carbocycles. The van der Waals surface area contributed by atoms with Crippen LogP contribution in [0.25, 0.3) is 0 Å². The maximum atomic E-state index is 13.2. The summed E-state index contributed by atoms with van der Waals surface area (Å²) in [6.07, 6.45) is 0. The quantitative estimate of drug-likeness (QED) is 0.813. The number of fused-ring (bicyclic) bond motifs is 1. The molecule has 0 saturated carbocycles. The molecule has 0 radical (unpaired) electrons. The second-order valence-electron chi connectivity index (χ2n) is 7.42. The average molecular weight is 394 g/mol. The van der Waals surface area contributed by atoms with Gasteiger partial charge in [0.1, 0.15) is 5.75 Å². The zero-order chi connectivity index (χ0) is 20.4. The molecule has 29 heavy (non-hydrogen) atoms. The van der Waals surface area contributed by atoms with Crippen LogP contribution in [-0.4, -0.2) is 49.5 Å². The van der Waals surface area contributed by atoms with Gasteiger partial charge in [-0.05, 0) is 30.8 Å². The first kappa shape index (κ1) is 19.4.